The first kappa shape index (κ1) is 12.4. The SMILES string of the molecule is C[C@@H](CO)NC(=O)c1cccc(-n2cccc2)c1. The van der Waals surface area contributed by atoms with Gasteiger partial charge in [-0.2, -0.15) is 0 Å². The van der Waals surface area contributed by atoms with E-state index >= 15 is 0 Å². The molecule has 0 aliphatic heterocycles. The molecule has 0 saturated carbocycles. The summed E-state index contributed by atoms with van der Waals surface area (Å²) < 4.78 is 1.94. The van der Waals surface area contributed by atoms with Gasteiger partial charge in [0, 0.05) is 29.7 Å². The monoisotopic (exact) mass is 244 g/mol. The molecule has 1 atom stereocenters. The molecule has 0 fully saturated rings. The standard InChI is InChI=1S/C14H16N2O2/c1-11(10-17)15-14(18)12-5-4-6-13(9-12)16-7-2-3-8-16/h2-9,11,17H,10H2,1H3,(H,15,18)/t11-/m0/s1. The van der Waals surface area contributed by atoms with Gasteiger partial charge in [0.15, 0.2) is 0 Å². The molecule has 4 nitrogen and oxygen atoms in total. The highest BCUT2D eigenvalue weighted by molar-refractivity contribution is 5.94. The van der Waals surface area contributed by atoms with Gasteiger partial charge < -0.3 is 15.0 Å². The summed E-state index contributed by atoms with van der Waals surface area (Å²) in [6.45, 7) is 1.69. The Kier molecular flexibility index (Phi) is 3.79. The van der Waals surface area contributed by atoms with E-state index in [-0.39, 0.29) is 18.6 Å². The van der Waals surface area contributed by atoms with E-state index in [1.165, 1.54) is 0 Å². The summed E-state index contributed by atoms with van der Waals surface area (Å²) in [7, 11) is 0. The van der Waals surface area contributed by atoms with Gasteiger partial charge >= 0.3 is 0 Å². The molecular formula is C14H16N2O2. The van der Waals surface area contributed by atoms with Crippen LogP contribution >= 0.6 is 0 Å². The molecular weight excluding hydrogens is 228 g/mol. The van der Waals surface area contributed by atoms with Gasteiger partial charge in [0.05, 0.1) is 6.61 Å². The first-order chi connectivity index (χ1) is 8.70. The van der Waals surface area contributed by atoms with Crippen LogP contribution in [-0.4, -0.2) is 28.2 Å². The minimum atomic E-state index is -0.243. The van der Waals surface area contributed by atoms with E-state index in [1.807, 2.05) is 47.3 Å². The quantitative estimate of drug-likeness (QED) is 0.858. The van der Waals surface area contributed by atoms with Crippen LogP contribution in [0.15, 0.2) is 48.8 Å². The summed E-state index contributed by atoms with van der Waals surface area (Å²) in [5.41, 5.74) is 1.52. The van der Waals surface area contributed by atoms with E-state index in [2.05, 4.69) is 5.32 Å². The number of aromatic nitrogens is 1. The maximum absolute atomic E-state index is 11.9. The average molecular weight is 244 g/mol. The summed E-state index contributed by atoms with van der Waals surface area (Å²) in [4.78, 5) is 11.9. The van der Waals surface area contributed by atoms with Crippen molar-refractivity contribution in [1.82, 2.24) is 9.88 Å². The summed E-state index contributed by atoms with van der Waals surface area (Å²) in [6.07, 6.45) is 3.85. The topological polar surface area (TPSA) is 54.3 Å². The fourth-order valence-corrected chi connectivity index (χ4v) is 1.67. The number of rotatable bonds is 4. The predicted molar refractivity (Wildman–Crippen MR) is 69.8 cm³/mol. The number of nitrogens with zero attached hydrogens (tertiary/aromatic N) is 1. The van der Waals surface area contributed by atoms with Crippen LogP contribution in [0.4, 0.5) is 0 Å². The van der Waals surface area contributed by atoms with Gasteiger partial charge in [0.25, 0.3) is 5.91 Å². The van der Waals surface area contributed by atoms with Crippen LogP contribution in [0.3, 0.4) is 0 Å². The number of carbonyl (C=O) groups is 1. The number of carbonyl (C=O) groups excluding carboxylic acids is 1. The highest BCUT2D eigenvalue weighted by Gasteiger charge is 2.09. The van der Waals surface area contributed by atoms with E-state index in [9.17, 15) is 4.79 Å². The second-order valence-electron chi connectivity index (χ2n) is 4.20. The first-order valence-electron chi connectivity index (χ1n) is 5.86. The average Bonchev–Trinajstić information content (AvgIpc) is 2.92. The lowest BCUT2D eigenvalue weighted by molar-refractivity contribution is 0.0922. The molecule has 0 aliphatic carbocycles. The van der Waals surface area contributed by atoms with Crippen LogP contribution in [0.5, 0.6) is 0 Å². The molecule has 1 heterocycles. The van der Waals surface area contributed by atoms with Crippen LogP contribution in [0.2, 0.25) is 0 Å². The molecule has 1 aromatic carbocycles. The molecule has 0 unspecified atom stereocenters. The molecule has 1 amide bonds. The van der Waals surface area contributed by atoms with Crippen molar-refractivity contribution in [2.45, 2.75) is 13.0 Å². The molecule has 4 heteroatoms. The number of amides is 1. The van der Waals surface area contributed by atoms with Gasteiger partial charge in [-0.15, -0.1) is 0 Å². The van der Waals surface area contributed by atoms with Crippen molar-refractivity contribution in [1.29, 1.82) is 0 Å². The third-order valence-corrected chi connectivity index (χ3v) is 2.66. The molecule has 2 rings (SSSR count). The number of hydrogen-bond donors (Lipinski definition) is 2. The summed E-state index contributed by atoms with van der Waals surface area (Å²) in [6, 6.07) is 11.0. The lowest BCUT2D eigenvalue weighted by atomic mass is 10.1. The maximum Gasteiger partial charge on any atom is 0.251 e. The highest BCUT2D eigenvalue weighted by atomic mass is 16.3. The van der Waals surface area contributed by atoms with Crippen molar-refractivity contribution in [2.24, 2.45) is 0 Å². The molecule has 0 radical (unpaired) electrons. The van der Waals surface area contributed by atoms with Crippen LogP contribution < -0.4 is 5.32 Å². The minimum Gasteiger partial charge on any atom is -0.394 e. The molecule has 0 spiro atoms. The molecule has 18 heavy (non-hydrogen) atoms. The van der Waals surface area contributed by atoms with Gasteiger partial charge in [-0.25, -0.2) is 0 Å². The van der Waals surface area contributed by atoms with E-state index in [4.69, 9.17) is 5.11 Å². The van der Waals surface area contributed by atoms with E-state index in [1.54, 1.807) is 13.0 Å². The zero-order valence-corrected chi connectivity index (χ0v) is 10.2. The molecule has 1 aromatic heterocycles. The number of hydrogen-bond acceptors (Lipinski definition) is 2. The Balaban J connectivity index is 2.20. The van der Waals surface area contributed by atoms with E-state index in [0.29, 0.717) is 5.56 Å². The fourth-order valence-electron chi connectivity index (χ4n) is 1.67. The zero-order valence-electron chi connectivity index (χ0n) is 10.2. The maximum atomic E-state index is 11.9. The Morgan fingerprint density at radius 3 is 2.72 bits per heavy atom. The highest BCUT2D eigenvalue weighted by Crippen LogP contribution is 2.11. The van der Waals surface area contributed by atoms with Gasteiger partial charge in [-0.05, 0) is 37.3 Å². The Morgan fingerprint density at radius 1 is 1.33 bits per heavy atom. The zero-order chi connectivity index (χ0) is 13.0. The van der Waals surface area contributed by atoms with Crippen molar-refractivity contribution >= 4 is 5.91 Å². The summed E-state index contributed by atoms with van der Waals surface area (Å²) in [5, 5.41) is 11.6. The van der Waals surface area contributed by atoms with Gasteiger partial charge in [-0.3, -0.25) is 4.79 Å². The second-order valence-corrected chi connectivity index (χ2v) is 4.20. The van der Waals surface area contributed by atoms with Crippen molar-refractivity contribution in [3.05, 3.63) is 54.4 Å². The van der Waals surface area contributed by atoms with Crippen LogP contribution in [0.1, 0.15) is 17.3 Å². The van der Waals surface area contributed by atoms with Crippen LogP contribution in [-0.2, 0) is 0 Å². The Morgan fingerprint density at radius 2 is 2.06 bits per heavy atom. The third-order valence-electron chi connectivity index (χ3n) is 2.66. The van der Waals surface area contributed by atoms with Crippen LogP contribution in [0.25, 0.3) is 5.69 Å². The first-order valence-corrected chi connectivity index (χ1v) is 5.86. The van der Waals surface area contributed by atoms with E-state index < -0.39 is 0 Å². The smallest absolute Gasteiger partial charge is 0.251 e. The Hall–Kier alpha value is -2.07. The summed E-state index contributed by atoms with van der Waals surface area (Å²) >= 11 is 0. The summed E-state index contributed by atoms with van der Waals surface area (Å²) in [5.74, 6) is -0.175. The van der Waals surface area contributed by atoms with Crippen molar-refractivity contribution < 1.29 is 9.90 Å². The van der Waals surface area contributed by atoms with Crippen molar-refractivity contribution in [3.63, 3.8) is 0 Å². The number of benzene rings is 1. The lowest BCUT2D eigenvalue weighted by Gasteiger charge is -2.11. The normalized spacial score (nSPS) is 12.1. The number of nitrogens with one attached hydrogen (secondary N) is 1. The molecule has 2 N–H and O–H groups in total. The molecule has 0 saturated heterocycles. The van der Waals surface area contributed by atoms with Gasteiger partial charge in [0.2, 0.25) is 0 Å². The minimum absolute atomic E-state index is 0.0664. The van der Waals surface area contributed by atoms with Gasteiger partial charge in [0.1, 0.15) is 0 Å². The predicted octanol–water partition coefficient (Wildman–Crippen LogP) is 1.59. The van der Waals surface area contributed by atoms with Gasteiger partial charge in [-0.1, -0.05) is 6.07 Å². The van der Waals surface area contributed by atoms with E-state index in [0.717, 1.165) is 5.69 Å². The van der Waals surface area contributed by atoms with Crippen LogP contribution in [0, 0.1) is 0 Å². The second kappa shape index (κ2) is 5.51. The number of aliphatic hydroxyl groups excluding tert-OH is 1. The molecule has 94 valence electrons. The number of aliphatic hydroxyl groups is 1. The third kappa shape index (κ3) is 2.78. The molecule has 0 aliphatic rings. The Bertz CT molecular complexity index is 520. The largest absolute Gasteiger partial charge is 0.394 e. The fraction of sp³-hybridized carbons (Fsp3) is 0.214. The molecule has 2 aromatic rings. The van der Waals surface area contributed by atoms with Crippen molar-refractivity contribution in [3.8, 4) is 5.69 Å². The Labute approximate surface area is 106 Å². The van der Waals surface area contributed by atoms with Crippen molar-refractivity contribution in [2.75, 3.05) is 6.61 Å². The lowest BCUT2D eigenvalue weighted by Crippen LogP contribution is -2.34. The molecule has 0 bridgehead atoms.